The molecule has 2 N–H and O–H groups in total. The smallest absolute Gasteiger partial charge is 0.264 e. The molecular formula is C25H28N6O5S. The Morgan fingerprint density at radius 2 is 1.84 bits per heavy atom. The van der Waals surface area contributed by atoms with Crippen molar-refractivity contribution >= 4 is 33.9 Å². The van der Waals surface area contributed by atoms with Crippen LogP contribution in [0, 0.1) is 5.92 Å². The number of hydrogen-bond acceptors (Lipinski definition) is 10. The Labute approximate surface area is 215 Å². The van der Waals surface area contributed by atoms with Crippen LogP contribution < -0.4 is 10.5 Å². The zero-order valence-electron chi connectivity index (χ0n) is 20.3. The summed E-state index contributed by atoms with van der Waals surface area (Å²) in [5.41, 5.74) is 8.00. The number of para-hydroxylation sites is 1. The number of carbonyl (C=O) groups is 1. The van der Waals surface area contributed by atoms with Crippen LogP contribution in [0.15, 0.2) is 69.7 Å². The number of ether oxygens (including phenoxy) is 1. The first-order chi connectivity index (χ1) is 17.8. The Hall–Kier alpha value is -3.61. The number of rotatable bonds is 7. The van der Waals surface area contributed by atoms with Crippen LogP contribution in [0.3, 0.4) is 0 Å². The molecule has 1 saturated heterocycles. The number of likely N-dealkylation sites (tertiary alicyclic amines) is 1. The monoisotopic (exact) mass is 524 g/mol. The first-order valence-electron chi connectivity index (χ1n) is 12.0. The first-order valence-corrected chi connectivity index (χ1v) is 13.8. The van der Waals surface area contributed by atoms with E-state index < -0.39 is 22.9 Å². The Kier molecular flexibility index (Phi) is 7.04. The fourth-order valence-electron chi connectivity index (χ4n) is 4.66. The van der Waals surface area contributed by atoms with E-state index in [1.165, 1.54) is 6.34 Å². The summed E-state index contributed by atoms with van der Waals surface area (Å²) in [6.07, 6.45) is 3.35. The number of nitrogens with zero attached hydrogens (tertiary/aromatic N) is 5. The van der Waals surface area contributed by atoms with Crippen LogP contribution in [-0.2, 0) is 19.1 Å². The number of hydrazone groups is 1. The lowest BCUT2D eigenvalue weighted by molar-refractivity contribution is -0.135. The van der Waals surface area contributed by atoms with Crippen LogP contribution in [0.5, 0.6) is 11.5 Å². The van der Waals surface area contributed by atoms with Crippen molar-refractivity contribution in [2.75, 3.05) is 26.0 Å². The summed E-state index contributed by atoms with van der Waals surface area (Å²) < 4.78 is 33.2. The molecule has 12 heteroatoms. The quantitative estimate of drug-likeness (QED) is 0.545. The van der Waals surface area contributed by atoms with Gasteiger partial charge < -0.3 is 15.4 Å². The molecule has 2 aromatic carbocycles. The molecule has 0 radical (unpaired) electrons. The van der Waals surface area contributed by atoms with E-state index in [4.69, 9.17) is 19.8 Å². The Morgan fingerprint density at radius 3 is 2.57 bits per heavy atom. The maximum absolute atomic E-state index is 12.6. The maximum Gasteiger partial charge on any atom is 0.264 e. The van der Waals surface area contributed by atoms with Crippen molar-refractivity contribution in [3.63, 3.8) is 0 Å². The number of aliphatic imine (C=N–C) groups is 2. The van der Waals surface area contributed by atoms with E-state index in [1.807, 2.05) is 59.6 Å². The highest BCUT2D eigenvalue weighted by Gasteiger charge is 2.43. The summed E-state index contributed by atoms with van der Waals surface area (Å²) in [5.74, 6) is 1.42. The van der Waals surface area contributed by atoms with E-state index in [0.29, 0.717) is 24.7 Å². The lowest BCUT2D eigenvalue weighted by Gasteiger charge is -2.37. The van der Waals surface area contributed by atoms with Gasteiger partial charge in [0.25, 0.3) is 10.1 Å². The minimum absolute atomic E-state index is 0.144. The van der Waals surface area contributed by atoms with Crippen molar-refractivity contribution in [3.05, 3.63) is 60.2 Å². The normalized spacial score (nSPS) is 23.4. The van der Waals surface area contributed by atoms with E-state index in [2.05, 4.69) is 9.98 Å². The molecule has 0 aromatic heterocycles. The van der Waals surface area contributed by atoms with Crippen molar-refractivity contribution in [1.29, 1.82) is 0 Å². The maximum atomic E-state index is 12.6. The Bertz CT molecular complexity index is 1340. The molecule has 5 rings (SSSR count). The minimum Gasteiger partial charge on any atom is -0.457 e. The highest BCUT2D eigenvalue weighted by molar-refractivity contribution is 7.86. The number of carbonyl (C=O) groups excluding carboxylic acids is 1. The molecule has 3 heterocycles. The second-order valence-electron chi connectivity index (χ2n) is 9.09. The van der Waals surface area contributed by atoms with E-state index in [-0.39, 0.29) is 17.9 Å². The standard InChI is InChI=1S/C25H28N6O5S/c1-37(33,34)35-15-21(32)30-13-5-6-18(14-30)31-25-22(24(26)27-16-28-25)23(29-31)17-9-11-20(12-10-17)36-19-7-3-2-4-8-19/h2-4,7-12,16,18,22,24H,5-6,13-15,26H2,1H3/t18-,22?,24?/m1/s1. The molecule has 2 aromatic rings. The fourth-order valence-corrected chi connectivity index (χ4v) is 4.97. The molecule has 37 heavy (non-hydrogen) atoms. The lowest BCUT2D eigenvalue weighted by Crippen LogP contribution is -2.52. The average molecular weight is 525 g/mol. The predicted molar refractivity (Wildman–Crippen MR) is 139 cm³/mol. The third-order valence-electron chi connectivity index (χ3n) is 6.41. The van der Waals surface area contributed by atoms with E-state index >= 15 is 0 Å². The molecule has 1 amide bonds. The zero-order valence-corrected chi connectivity index (χ0v) is 21.1. The van der Waals surface area contributed by atoms with Crippen molar-refractivity contribution < 1.29 is 22.1 Å². The molecule has 0 bridgehead atoms. The molecule has 11 nitrogen and oxygen atoms in total. The van der Waals surface area contributed by atoms with Crippen LogP contribution in [0.4, 0.5) is 0 Å². The molecule has 0 saturated carbocycles. The molecule has 2 unspecified atom stereocenters. The summed E-state index contributed by atoms with van der Waals surface area (Å²) in [5, 5.41) is 6.77. The van der Waals surface area contributed by atoms with Gasteiger partial charge in [0.1, 0.15) is 36.4 Å². The average Bonchev–Trinajstić information content (AvgIpc) is 3.29. The highest BCUT2D eigenvalue weighted by Crippen LogP contribution is 2.31. The number of nitrogens with two attached hydrogens (primary N) is 1. The summed E-state index contributed by atoms with van der Waals surface area (Å²) in [6, 6.07) is 17.0. The van der Waals surface area contributed by atoms with E-state index in [9.17, 15) is 13.2 Å². The van der Waals surface area contributed by atoms with Gasteiger partial charge in [0, 0.05) is 13.1 Å². The van der Waals surface area contributed by atoms with Gasteiger partial charge in [-0.1, -0.05) is 18.2 Å². The molecule has 194 valence electrons. The number of benzene rings is 2. The summed E-state index contributed by atoms with van der Waals surface area (Å²) in [7, 11) is -3.70. The molecule has 3 aliphatic rings. The zero-order chi connectivity index (χ0) is 26.0. The third kappa shape index (κ3) is 5.71. The molecule has 1 fully saturated rings. The van der Waals surface area contributed by atoms with Gasteiger partial charge in [0.05, 0.1) is 23.9 Å². The topological polar surface area (TPSA) is 139 Å². The molecular weight excluding hydrogens is 496 g/mol. The Morgan fingerprint density at radius 1 is 1.11 bits per heavy atom. The van der Waals surface area contributed by atoms with Gasteiger partial charge in [-0.05, 0) is 54.8 Å². The highest BCUT2D eigenvalue weighted by atomic mass is 32.2. The predicted octanol–water partition coefficient (Wildman–Crippen LogP) is 1.81. The van der Waals surface area contributed by atoms with Gasteiger partial charge >= 0.3 is 0 Å². The van der Waals surface area contributed by atoms with Gasteiger partial charge in [-0.25, -0.2) is 10.0 Å². The van der Waals surface area contributed by atoms with Crippen LogP contribution in [0.1, 0.15) is 18.4 Å². The largest absolute Gasteiger partial charge is 0.457 e. The third-order valence-corrected chi connectivity index (χ3v) is 6.96. The van der Waals surface area contributed by atoms with Gasteiger partial charge in [-0.15, -0.1) is 0 Å². The van der Waals surface area contributed by atoms with Gasteiger partial charge in [0.2, 0.25) is 5.91 Å². The second kappa shape index (κ2) is 10.4. The van der Waals surface area contributed by atoms with Crippen LogP contribution in [0.2, 0.25) is 0 Å². The van der Waals surface area contributed by atoms with Crippen molar-refractivity contribution in [2.45, 2.75) is 25.0 Å². The van der Waals surface area contributed by atoms with E-state index in [1.54, 1.807) is 4.90 Å². The van der Waals surface area contributed by atoms with E-state index in [0.717, 1.165) is 36.1 Å². The summed E-state index contributed by atoms with van der Waals surface area (Å²) in [4.78, 5) is 23.0. The summed E-state index contributed by atoms with van der Waals surface area (Å²) >= 11 is 0. The number of piperidine rings is 1. The molecule has 3 atom stereocenters. The van der Waals surface area contributed by atoms with Crippen molar-refractivity contribution in [2.24, 2.45) is 26.7 Å². The Balaban J connectivity index is 1.35. The van der Waals surface area contributed by atoms with Crippen molar-refractivity contribution in [3.8, 4) is 11.5 Å². The lowest BCUT2D eigenvalue weighted by atomic mass is 9.93. The number of fused-ring (bicyclic) bond motifs is 1. The number of amides is 1. The first kappa shape index (κ1) is 25.1. The van der Waals surface area contributed by atoms with Crippen LogP contribution >= 0.6 is 0 Å². The van der Waals surface area contributed by atoms with Gasteiger partial charge in [0.15, 0.2) is 0 Å². The summed E-state index contributed by atoms with van der Waals surface area (Å²) in [6.45, 7) is 0.371. The molecule has 0 aliphatic carbocycles. The van der Waals surface area contributed by atoms with Crippen molar-refractivity contribution in [1.82, 2.24) is 9.91 Å². The van der Waals surface area contributed by atoms with Crippen LogP contribution in [0.25, 0.3) is 0 Å². The number of hydrogen-bond donors (Lipinski definition) is 1. The number of amidine groups is 1. The minimum atomic E-state index is -3.70. The molecule has 0 spiro atoms. The molecule has 3 aliphatic heterocycles. The van der Waals surface area contributed by atoms with Gasteiger partial charge in [-0.2, -0.15) is 13.5 Å². The fraction of sp³-hybridized carbons (Fsp3) is 0.360. The second-order valence-corrected chi connectivity index (χ2v) is 10.7. The van der Waals surface area contributed by atoms with Gasteiger partial charge in [-0.3, -0.25) is 14.0 Å². The SMILES string of the molecule is CS(=O)(=O)OCC(=O)N1CCC[C@@H](N2N=C(c3ccc(Oc4ccccc4)cc3)C3C2=NC=NC3N)C1. The van der Waals surface area contributed by atoms with Crippen LogP contribution in [-0.4, -0.2) is 80.3 Å².